The van der Waals surface area contributed by atoms with Crippen LogP contribution in [-0.4, -0.2) is 35.2 Å². The highest BCUT2D eigenvalue weighted by Crippen LogP contribution is 2.60. The van der Waals surface area contributed by atoms with Crippen molar-refractivity contribution in [2.24, 2.45) is 11.8 Å². The zero-order valence-corrected chi connectivity index (χ0v) is 18.9. The van der Waals surface area contributed by atoms with E-state index in [0.29, 0.717) is 12.2 Å². The Morgan fingerprint density at radius 2 is 1.77 bits per heavy atom. The maximum absolute atomic E-state index is 13.9. The minimum atomic E-state index is -1.13. The summed E-state index contributed by atoms with van der Waals surface area (Å²) in [6.07, 6.45) is 1.73. The van der Waals surface area contributed by atoms with Crippen LogP contribution in [0.2, 0.25) is 0 Å². The number of rotatable bonds is 1. The Kier molecular flexibility index (Phi) is 3.88. The quantitative estimate of drug-likeness (QED) is 0.635. The van der Waals surface area contributed by atoms with Gasteiger partial charge in [0.05, 0.1) is 17.5 Å². The second-order valence-corrected chi connectivity index (χ2v) is 10.1. The number of nitrogens with one attached hydrogen (secondary N) is 1. The second kappa shape index (κ2) is 6.26. The van der Waals surface area contributed by atoms with E-state index in [2.05, 4.69) is 26.1 Å². The molecule has 0 bridgehead atoms. The van der Waals surface area contributed by atoms with E-state index in [4.69, 9.17) is 0 Å². The van der Waals surface area contributed by atoms with Gasteiger partial charge in [0.25, 0.3) is 0 Å². The summed E-state index contributed by atoms with van der Waals surface area (Å²) in [5, 5.41) is 3.01. The first-order valence-corrected chi connectivity index (χ1v) is 11.5. The van der Waals surface area contributed by atoms with Gasteiger partial charge in [0.2, 0.25) is 17.7 Å². The van der Waals surface area contributed by atoms with Gasteiger partial charge in [-0.15, -0.1) is 0 Å². The van der Waals surface area contributed by atoms with Crippen molar-refractivity contribution in [2.45, 2.75) is 38.3 Å². The van der Waals surface area contributed by atoms with Crippen molar-refractivity contribution in [2.75, 3.05) is 16.8 Å². The second-order valence-electron chi connectivity index (χ2n) is 9.17. The maximum Gasteiger partial charge on any atom is 0.250 e. The summed E-state index contributed by atoms with van der Waals surface area (Å²) in [7, 11) is 0. The van der Waals surface area contributed by atoms with Crippen molar-refractivity contribution in [3.05, 3.63) is 57.6 Å². The molecule has 1 spiro atoms. The number of carbonyl (C=O) groups is 3. The van der Waals surface area contributed by atoms with Gasteiger partial charge in [0, 0.05) is 21.8 Å². The molecule has 6 rings (SSSR count). The highest BCUT2D eigenvalue weighted by atomic mass is 79.9. The molecule has 4 aliphatic heterocycles. The first kappa shape index (κ1) is 19.2. The monoisotopic (exact) mass is 479 g/mol. The molecule has 4 unspecified atom stereocenters. The Balaban J connectivity index is 1.57. The third-order valence-electron chi connectivity index (χ3n) is 7.42. The molecule has 7 heteroatoms. The molecule has 4 heterocycles. The summed E-state index contributed by atoms with van der Waals surface area (Å²) < 4.78 is 0.851. The number of anilines is 2. The van der Waals surface area contributed by atoms with Crippen LogP contribution in [0.15, 0.2) is 40.9 Å². The van der Waals surface area contributed by atoms with Gasteiger partial charge in [-0.3, -0.25) is 19.3 Å². The molecular weight excluding hydrogens is 458 g/mol. The van der Waals surface area contributed by atoms with E-state index in [9.17, 15) is 14.4 Å². The Morgan fingerprint density at radius 3 is 2.52 bits per heavy atom. The Hall–Kier alpha value is -2.51. The average Bonchev–Trinajstić information content (AvgIpc) is 3.39. The molecule has 31 heavy (non-hydrogen) atoms. The fourth-order valence-corrected chi connectivity index (χ4v) is 6.87. The number of hydrogen-bond donors (Lipinski definition) is 1. The first-order chi connectivity index (χ1) is 14.8. The zero-order chi connectivity index (χ0) is 21.7. The average molecular weight is 480 g/mol. The normalized spacial score (nSPS) is 31.4. The fraction of sp³-hybridized carbons (Fsp3) is 0.375. The number of hydrogen-bond acceptors (Lipinski definition) is 4. The van der Waals surface area contributed by atoms with Crippen LogP contribution >= 0.6 is 15.9 Å². The van der Waals surface area contributed by atoms with Crippen molar-refractivity contribution in [1.82, 2.24) is 4.90 Å². The molecular formula is C24H22BrN3O3. The molecule has 3 saturated heterocycles. The minimum Gasteiger partial charge on any atom is -0.324 e. The summed E-state index contributed by atoms with van der Waals surface area (Å²) in [6, 6.07) is 11.4. The summed E-state index contributed by atoms with van der Waals surface area (Å²) >= 11 is 3.53. The number of amides is 3. The van der Waals surface area contributed by atoms with E-state index in [1.54, 1.807) is 0 Å². The first-order valence-electron chi connectivity index (χ1n) is 10.7. The van der Waals surface area contributed by atoms with Crippen LogP contribution in [-0.2, 0) is 19.9 Å². The molecule has 158 valence electrons. The van der Waals surface area contributed by atoms with Crippen molar-refractivity contribution in [3.63, 3.8) is 0 Å². The third kappa shape index (κ3) is 2.28. The molecule has 0 saturated carbocycles. The van der Waals surface area contributed by atoms with Gasteiger partial charge in [0.15, 0.2) is 0 Å². The number of halogens is 1. The molecule has 4 atom stereocenters. The molecule has 0 aromatic heterocycles. The topological polar surface area (TPSA) is 69.7 Å². The number of imide groups is 1. The van der Waals surface area contributed by atoms with Gasteiger partial charge in [-0.05, 0) is 74.7 Å². The Labute approximate surface area is 188 Å². The largest absolute Gasteiger partial charge is 0.324 e. The van der Waals surface area contributed by atoms with Gasteiger partial charge >= 0.3 is 0 Å². The molecule has 2 aromatic rings. The number of nitrogens with zero attached hydrogens (tertiary/aromatic N) is 2. The number of fused-ring (bicyclic) bond motifs is 7. The van der Waals surface area contributed by atoms with Gasteiger partial charge in [-0.1, -0.05) is 22.0 Å². The molecule has 3 fully saturated rings. The molecule has 0 aliphatic carbocycles. The van der Waals surface area contributed by atoms with E-state index < -0.39 is 17.4 Å². The van der Waals surface area contributed by atoms with Crippen molar-refractivity contribution in [1.29, 1.82) is 0 Å². The molecule has 2 aromatic carbocycles. The molecule has 6 nitrogen and oxygen atoms in total. The highest BCUT2D eigenvalue weighted by Gasteiger charge is 2.74. The number of aryl methyl sites for hydroxylation is 2. The van der Waals surface area contributed by atoms with Crippen LogP contribution in [0.25, 0.3) is 0 Å². The van der Waals surface area contributed by atoms with Gasteiger partial charge < -0.3 is 5.32 Å². The third-order valence-corrected chi connectivity index (χ3v) is 7.91. The molecule has 4 aliphatic rings. The van der Waals surface area contributed by atoms with Crippen molar-refractivity contribution in [3.8, 4) is 0 Å². The lowest BCUT2D eigenvalue weighted by atomic mass is 9.75. The number of benzene rings is 2. The van der Waals surface area contributed by atoms with Crippen molar-refractivity contribution >= 4 is 45.0 Å². The van der Waals surface area contributed by atoms with E-state index in [-0.39, 0.29) is 23.8 Å². The molecule has 0 radical (unpaired) electrons. The summed E-state index contributed by atoms with van der Waals surface area (Å²) in [4.78, 5) is 44.8. The SMILES string of the molecule is Cc1cc(C)cc(N2C(=O)C3C4CCCN4C4(C(=O)Nc5ccc(Br)cc54)C3C2=O)c1. The summed E-state index contributed by atoms with van der Waals surface area (Å²) in [6.45, 7) is 4.63. The zero-order valence-electron chi connectivity index (χ0n) is 17.3. The predicted octanol–water partition coefficient (Wildman–Crippen LogP) is 3.50. The Bertz CT molecular complexity index is 1170. The van der Waals surface area contributed by atoms with Crippen LogP contribution < -0.4 is 10.2 Å². The van der Waals surface area contributed by atoms with E-state index in [1.807, 2.05) is 50.2 Å². The maximum atomic E-state index is 13.9. The lowest BCUT2D eigenvalue weighted by Crippen LogP contribution is -2.54. The lowest BCUT2D eigenvalue weighted by molar-refractivity contribution is -0.135. The molecule has 1 N–H and O–H groups in total. The van der Waals surface area contributed by atoms with Gasteiger partial charge in [-0.2, -0.15) is 0 Å². The number of carbonyl (C=O) groups excluding carboxylic acids is 3. The standard InChI is InChI=1S/C24H22BrN3O3/c1-12-8-13(2)10-15(9-12)28-21(29)19-18-4-3-7-27(18)24(20(19)22(28)30)16-11-14(25)5-6-17(16)26-23(24)31/h5-6,8-11,18-20H,3-4,7H2,1-2H3,(H,26,31). The lowest BCUT2D eigenvalue weighted by Gasteiger charge is -2.36. The van der Waals surface area contributed by atoms with E-state index >= 15 is 0 Å². The predicted molar refractivity (Wildman–Crippen MR) is 120 cm³/mol. The minimum absolute atomic E-state index is 0.104. The smallest absolute Gasteiger partial charge is 0.250 e. The van der Waals surface area contributed by atoms with Crippen LogP contribution in [0, 0.1) is 25.7 Å². The van der Waals surface area contributed by atoms with Gasteiger partial charge in [0.1, 0.15) is 5.54 Å². The molecule has 3 amide bonds. The van der Waals surface area contributed by atoms with Crippen LogP contribution in [0.3, 0.4) is 0 Å². The van der Waals surface area contributed by atoms with Crippen LogP contribution in [0.1, 0.15) is 29.5 Å². The fourth-order valence-electron chi connectivity index (χ4n) is 6.51. The Morgan fingerprint density at radius 1 is 1.03 bits per heavy atom. The van der Waals surface area contributed by atoms with Gasteiger partial charge in [-0.25, -0.2) is 4.90 Å². The van der Waals surface area contributed by atoms with Crippen molar-refractivity contribution < 1.29 is 14.4 Å². The highest BCUT2D eigenvalue weighted by molar-refractivity contribution is 9.10. The summed E-state index contributed by atoms with van der Waals surface area (Å²) in [5.74, 6) is -1.86. The van der Waals surface area contributed by atoms with Crippen LogP contribution in [0.4, 0.5) is 11.4 Å². The summed E-state index contributed by atoms with van der Waals surface area (Å²) in [5.41, 5.74) is 3.00. The van der Waals surface area contributed by atoms with E-state index in [0.717, 1.165) is 39.7 Å². The van der Waals surface area contributed by atoms with Crippen LogP contribution in [0.5, 0.6) is 0 Å². The van der Waals surface area contributed by atoms with E-state index in [1.165, 1.54) is 4.90 Å².